The number of hydrogen-bond donors (Lipinski definition) is 2. The molecule has 5 heteroatoms. The van der Waals surface area contributed by atoms with E-state index < -0.39 is 22.9 Å². The predicted octanol–water partition coefficient (Wildman–Crippen LogP) is 3.38. The molecular weight excluding hydrogens is 309 g/mol. The van der Waals surface area contributed by atoms with Crippen molar-refractivity contribution in [3.63, 3.8) is 0 Å². The molecule has 0 aromatic heterocycles. The van der Waals surface area contributed by atoms with Crippen LogP contribution in [0.1, 0.15) is 23.3 Å². The van der Waals surface area contributed by atoms with E-state index >= 15 is 0 Å². The summed E-state index contributed by atoms with van der Waals surface area (Å²) in [4.78, 5) is 10.6. The third kappa shape index (κ3) is 4.21. The number of hydrogen-bond acceptors (Lipinski definition) is 2. The molecule has 2 rings (SSSR count). The molecule has 0 unspecified atom stereocenters. The number of aliphatic hydroxyl groups is 1. The quantitative estimate of drug-likeness (QED) is 0.829. The number of benzene rings is 2. The number of nitrogens with one attached hydrogen (secondary N) is 1. The van der Waals surface area contributed by atoms with E-state index in [0.29, 0.717) is 5.56 Å². The van der Waals surface area contributed by atoms with Crippen LogP contribution >= 0.6 is 23.2 Å². The normalized spacial score (nSPS) is 13.7. The van der Waals surface area contributed by atoms with E-state index in [4.69, 9.17) is 23.2 Å². The number of amides is 1. The minimum Gasteiger partial charge on any atom is -0.386 e. The molecule has 0 heterocycles. The lowest BCUT2D eigenvalue weighted by Crippen LogP contribution is -2.35. The van der Waals surface area contributed by atoms with Crippen LogP contribution in [0.25, 0.3) is 0 Å². The van der Waals surface area contributed by atoms with Gasteiger partial charge >= 0.3 is 0 Å². The van der Waals surface area contributed by atoms with Crippen molar-refractivity contribution in [1.29, 1.82) is 0 Å². The average molecular weight is 324 g/mol. The minimum absolute atomic E-state index is 0.540. The lowest BCUT2D eigenvalue weighted by atomic mass is 9.96. The van der Waals surface area contributed by atoms with Crippen LogP contribution in [0.3, 0.4) is 0 Å². The standard InChI is InChI=1S/C16H15Cl2NO2/c17-15(18)16(21)19-13(11-7-3-1-4-8-11)14(20)12-9-5-2-6-10-12/h1-10,13-15,20H,(H,19,21)/t13-,14+/m0/s1. The van der Waals surface area contributed by atoms with Crippen molar-refractivity contribution < 1.29 is 9.90 Å². The van der Waals surface area contributed by atoms with Crippen LogP contribution in [-0.2, 0) is 4.79 Å². The first-order valence-corrected chi connectivity index (χ1v) is 7.33. The van der Waals surface area contributed by atoms with Gasteiger partial charge in [-0.15, -0.1) is 0 Å². The summed E-state index contributed by atoms with van der Waals surface area (Å²) in [7, 11) is 0. The van der Waals surface area contributed by atoms with Crippen molar-refractivity contribution in [1.82, 2.24) is 5.32 Å². The molecule has 0 aliphatic heterocycles. The van der Waals surface area contributed by atoms with Crippen molar-refractivity contribution in [3.8, 4) is 0 Å². The minimum atomic E-state index is -1.18. The fourth-order valence-electron chi connectivity index (χ4n) is 2.06. The molecule has 0 saturated heterocycles. The zero-order valence-electron chi connectivity index (χ0n) is 11.1. The Labute approximate surface area is 133 Å². The lowest BCUT2D eigenvalue weighted by Gasteiger charge is -2.25. The molecule has 0 radical (unpaired) electrons. The zero-order chi connectivity index (χ0) is 15.2. The van der Waals surface area contributed by atoms with Crippen molar-refractivity contribution in [3.05, 3.63) is 71.8 Å². The molecule has 3 nitrogen and oxygen atoms in total. The highest BCUT2D eigenvalue weighted by molar-refractivity contribution is 6.53. The summed E-state index contributed by atoms with van der Waals surface area (Å²) in [5.41, 5.74) is 1.48. The summed E-state index contributed by atoms with van der Waals surface area (Å²) in [5, 5.41) is 13.2. The Hall–Kier alpha value is -1.55. The number of rotatable bonds is 5. The fraction of sp³-hybridized carbons (Fsp3) is 0.188. The molecule has 2 aromatic carbocycles. The summed E-state index contributed by atoms with van der Waals surface area (Å²) < 4.78 is 0. The molecule has 0 aliphatic carbocycles. The number of aliphatic hydroxyl groups excluding tert-OH is 1. The monoisotopic (exact) mass is 323 g/mol. The maximum Gasteiger partial charge on any atom is 0.253 e. The van der Waals surface area contributed by atoms with Gasteiger partial charge in [-0.3, -0.25) is 4.79 Å². The van der Waals surface area contributed by atoms with Crippen LogP contribution in [-0.4, -0.2) is 15.8 Å². The van der Waals surface area contributed by atoms with E-state index in [1.807, 2.05) is 48.5 Å². The predicted molar refractivity (Wildman–Crippen MR) is 84.2 cm³/mol. The molecule has 0 saturated carbocycles. The second-order valence-corrected chi connectivity index (χ2v) is 5.65. The van der Waals surface area contributed by atoms with E-state index in [1.54, 1.807) is 12.1 Å². The Bertz CT molecular complexity index is 575. The molecule has 21 heavy (non-hydrogen) atoms. The third-order valence-electron chi connectivity index (χ3n) is 3.11. The summed E-state index contributed by atoms with van der Waals surface area (Å²) >= 11 is 11.2. The van der Waals surface area contributed by atoms with Gasteiger partial charge in [0.2, 0.25) is 0 Å². The second-order valence-electron chi connectivity index (χ2n) is 4.55. The number of halogens is 2. The van der Waals surface area contributed by atoms with Gasteiger partial charge in [0.1, 0.15) is 6.10 Å². The molecule has 2 N–H and O–H groups in total. The van der Waals surface area contributed by atoms with E-state index in [1.165, 1.54) is 0 Å². The van der Waals surface area contributed by atoms with Crippen LogP contribution in [0, 0.1) is 0 Å². The van der Waals surface area contributed by atoms with Crippen LogP contribution in [0.4, 0.5) is 0 Å². The molecule has 0 aliphatic rings. The van der Waals surface area contributed by atoms with Crippen LogP contribution in [0.15, 0.2) is 60.7 Å². The maximum absolute atomic E-state index is 11.8. The van der Waals surface area contributed by atoms with Crippen molar-refractivity contribution in [2.75, 3.05) is 0 Å². The van der Waals surface area contributed by atoms with Gasteiger partial charge in [0.05, 0.1) is 6.04 Å². The summed E-state index contributed by atoms with van der Waals surface area (Å²) in [6, 6.07) is 17.7. The molecule has 0 spiro atoms. The van der Waals surface area contributed by atoms with E-state index in [-0.39, 0.29) is 0 Å². The van der Waals surface area contributed by atoms with Crippen molar-refractivity contribution >= 4 is 29.1 Å². The summed E-state index contributed by atoms with van der Waals surface area (Å²) in [5.74, 6) is -0.540. The Balaban J connectivity index is 2.30. The van der Waals surface area contributed by atoms with Crippen LogP contribution in [0.5, 0.6) is 0 Å². The first kappa shape index (κ1) is 15.8. The molecule has 0 bridgehead atoms. The van der Waals surface area contributed by atoms with Gasteiger partial charge < -0.3 is 10.4 Å². The smallest absolute Gasteiger partial charge is 0.253 e. The first-order chi connectivity index (χ1) is 10.1. The van der Waals surface area contributed by atoms with Gasteiger partial charge in [-0.25, -0.2) is 0 Å². The van der Waals surface area contributed by atoms with E-state index in [0.717, 1.165) is 5.56 Å². The molecule has 1 amide bonds. The highest BCUT2D eigenvalue weighted by Crippen LogP contribution is 2.29. The SMILES string of the molecule is O=C(N[C@@H](c1ccccc1)[C@H](O)c1ccccc1)C(Cl)Cl. The Morgan fingerprint density at radius 1 is 0.905 bits per heavy atom. The summed E-state index contributed by atoms with van der Waals surface area (Å²) in [6.45, 7) is 0. The molecule has 0 fully saturated rings. The Morgan fingerprint density at radius 2 is 1.38 bits per heavy atom. The molecule has 2 aromatic rings. The molecule has 110 valence electrons. The number of alkyl halides is 2. The van der Waals surface area contributed by atoms with Gasteiger partial charge in [0.15, 0.2) is 4.84 Å². The van der Waals surface area contributed by atoms with Gasteiger partial charge in [-0.2, -0.15) is 0 Å². The van der Waals surface area contributed by atoms with Crippen LogP contribution < -0.4 is 5.32 Å². The van der Waals surface area contributed by atoms with Crippen LogP contribution in [0.2, 0.25) is 0 Å². The summed E-state index contributed by atoms with van der Waals surface area (Å²) in [6.07, 6.45) is -0.898. The largest absolute Gasteiger partial charge is 0.386 e. The van der Waals surface area contributed by atoms with Gasteiger partial charge in [-0.1, -0.05) is 83.9 Å². The first-order valence-electron chi connectivity index (χ1n) is 6.46. The average Bonchev–Trinajstić information content (AvgIpc) is 2.53. The third-order valence-corrected chi connectivity index (χ3v) is 3.51. The van der Waals surface area contributed by atoms with E-state index in [2.05, 4.69) is 5.32 Å². The number of carbonyl (C=O) groups excluding carboxylic acids is 1. The topological polar surface area (TPSA) is 49.3 Å². The van der Waals surface area contributed by atoms with Crippen molar-refractivity contribution in [2.45, 2.75) is 17.0 Å². The Morgan fingerprint density at radius 3 is 1.86 bits per heavy atom. The van der Waals surface area contributed by atoms with Crippen molar-refractivity contribution in [2.24, 2.45) is 0 Å². The molecular formula is C16H15Cl2NO2. The van der Waals surface area contributed by atoms with Gasteiger partial charge in [0.25, 0.3) is 5.91 Å². The zero-order valence-corrected chi connectivity index (χ0v) is 12.6. The van der Waals surface area contributed by atoms with E-state index in [9.17, 15) is 9.90 Å². The maximum atomic E-state index is 11.8. The van der Waals surface area contributed by atoms with Gasteiger partial charge in [0, 0.05) is 0 Å². The van der Waals surface area contributed by atoms with Gasteiger partial charge in [-0.05, 0) is 11.1 Å². The Kier molecular flexibility index (Phi) is 5.62. The molecule has 2 atom stereocenters. The highest BCUT2D eigenvalue weighted by Gasteiger charge is 2.26. The number of carbonyl (C=O) groups is 1. The second kappa shape index (κ2) is 7.46. The lowest BCUT2D eigenvalue weighted by molar-refractivity contribution is -0.121. The highest BCUT2D eigenvalue weighted by atomic mass is 35.5. The fourth-order valence-corrected chi connectivity index (χ4v) is 2.19.